The number of ether oxygens (including phenoxy) is 1. The van der Waals surface area contributed by atoms with Crippen molar-refractivity contribution < 1.29 is 50.2 Å². The van der Waals surface area contributed by atoms with Crippen LogP contribution in [0.3, 0.4) is 0 Å². The number of rotatable bonds is 5. The second kappa shape index (κ2) is 11.0. The molecule has 1 amide bonds. The van der Waals surface area contributed by atoms with E-state index in [1.54, 1.807) is 7.11 Å². The Labute approximate surface area is 192 Å². The molecule has 1 fully saturated rings. The smallest absolute Gasteiger partial charge is 0.475 e. The monoisotopic (exact) mass is 518 g/mol. The lowest BCUT2D eigenvalue weighted by atomic mass is 10.1. The molecule has 3 rings (SSSR count). The van der Waals surface area contributed by atoms with Gasteiger partial charge in [0.2, 0.25) is 5.89 Å². The average molecular weight is 519 g/mol. The zero-order chi connectivity index (χ0) is 25.7. The van der Waals surface area contributed by atoms with Crippen molar-refractivity contribution >= 4 is 23.5 Å². The number of amides is 1. The predicted octanol–water partition coefficient (Wildman–Crippen LogP) is 3.15. The highest BCUT2D eigenvalue weighted by atomic mass is 35.5. The van der Waals surface area contributed by atoms with Crippen molar-refractivity contribution in [3.63, 3.8) is 0 Å². The summed E-state index contributed by atoms with van der Waals surface area (Å²) in [6.45, 7) is 1.07. The molecule has 0 bridgehead atoms. The Morgan fingerprint density at radius 3 is 2.47 bits per heavy atom. The van der Waals surface area contributed by atoms with Gasteiger partial charge in [-0.25, -0.2) is 4.79 Å². The van der Waals surface area contributed by atoms with Gasteiger partial charge in [-0.3, -0.25) is 4.79 Å². The SMILES string of the molecule is COC[C@@H]1C[C@@H](NC(=O)c2nnc(-c3cc(C(F)(F)F)ccc3Cl)o2)CN1.O=C(O)C(F)(F)F. The number of hydrogen-bond acceptors (Lipinski definition) is 7. The number of aliphatic carboxylic acids is 1. The second-order valence-corrected chi connectivity index (χ2v) is 7.28. The number of hydrogen-bond donors (Lipinski definition) is 3. The number of alkyl halides is 6. The first-order valence-electron chi connectivity index (χ1n) is 9.26. The van der Waals surface area contributed by atoms with Gasteiger partial charge in [0.05, 0.1) is 22.8 Å². The molecule has 34 heavy (non-hydrogen) atoms. The quantitative estimate of drug-likeness (QED) is 0.515. The Morgan fingerprint density at radius 2 is 1.91 bits per heavy atom. The van der Waals surface area contributed by atoms with Gasteiger partial charge in [0, 0.05) is 25.7 Å². The molecule has 3 N–H and O–H groups in total. The molecule has 2 atom stereocenters. The number of aromatic nitrogens is 2. The fraction of sp³-hybridized carbons (Fsp3) is 0.444. The van der Waals surface area contributed by atoms with E-state index >= 15 is 0 Å². The van der Waals surface area contributed by atoms with Gasteiger partial charge in [0.1, 0.15) is 0 Å². The molecule has 0 radical (unpaired) electrons. The largest absolute Gasteiger partial charge is 0.490 e. The molecule has 2 heterocycles. The molecular weight excluding hydrogens is 502 g/mol. The van der Waals surface area contributed by atoms with Crippen LogP contribution in [-0.4, -0.2) is 65.7 Å². The van der Waals surface area contributed by atoms with Crippen molar-refractivity contribution in [2.45, 2.75) is 30.9 Å². The van der Waals surface area contributed by atoms with Gasteiger partial charge in [-0.15, -0.1) is 10.2 Å². The van der Waals surface area contributed by atoms with E-state index in [-0.39, 0.29) is 34.5 Å². The first kappa shape index (κ1) is 27.3. The summed E-state index contributed by atoms with van der Waals surface area (Å²) >= 11 is 5.94. The number of nitrogens with one attached hydrogen (secondary N) is 2. The van der Waals surface area contributed by atoms with Gasteiger partial charge < -0.3 is 24.9 Å². The molecule has 1 aromatic heterocycles. The molecule has 1 saturated heterocycles. The minimum absolute atomic E-state index is 0.000934. The molecular formula is C18H17ClF6N4O5. The Kier molecular flexibility index (Phi) is 8.85. The zero-order valence-corrected chi connectivity index (χ0v) is 17.9. The molecule has 1 aliphatic heterocycles. The summed E-state index contributed by atoms with van der Waals surface area (Å²) in [5, 5.41) is 20.3. The van der Waals surface area contributed by atoms with Crippen molar-refractivity contribution in [3.8, 4) is 11.5 Å². The van der Waals surface area contributed by atoms with Crippen LogP contribution in [0.25, 0.3) is 11.5 Å². The highest BCUT2D eigenvalue weighted by Gasteiger charge is 2.38. The maximum Gasteiger partial charge on any atom is 0.490 e. The fourth-order valence-electron chi connectivity index (χ4n) is 2.79. The average Bonchev–Trinajstić information content (AvgIpc) is 3.37. The number of nitrogens with zero attached hydrogens (tertiary/aromatic N) is 2. The predicted molar refractivity (Wildman–Crippen MR) is 103 cm³/mol. The van der Waals surface area contributed by atoms with E-state index in [1.807, 2.05) is 0 Å². The van der Waals surface area contributed by atoms with Crippen molar-refractivity contribution in [1.29, 1.82) is 0 Å². The lowest BCUT2D eigenvalue weighted by Crippen LogP contribution is -2.36. The molecule has 9 nitrogen and oxygen atoms in total. The van der Waals surface area contributed by atoms with Crippen molar-refractivity contribution in [2.24, 2.45) is 0 Å². The Bertz CT molecular complexity index is 1010. The molecule has 16 heteroatoms. The molecule has 0 spiro atoms. The van der Waals surface area contributed by atoms with E-state index in [4.69, 9.17) is 30.7 Å². The molecule has 0 unspecified atom stereocenters. The number of methoxy groups -OCH3 is 1. The van der Waals surface area contributed by atoms with Crippen LogP contribution in [0.1, 0.15) is 22.7 Å². The molecule has 1 aromatic carbocycles. The summed E-state index contributed by atoms with van der Waals surface area (Å²) in [7, 11) is 1.59. The summed E-state index contributed by atoms with van der Waals surface area (Å²) in [4.78, 5) is 21.1. The van der Waals surface area contributed by atoms with Gasteiger partial charge in [0.15, 0.2) is 0 Å². The fourth-order valence-corrected chi connectivity index (χ4v) is 2.99. The minimum Gasteiger partial charge on any atom is -0.475 e. The number of halogens is 7. The Balaban J connectivity index is 0.000000509. The molecule has 0 aliphatic carbocycles. The normalized spacial score (nSPS) is 18.2. The van der Waals surface area contributed by atoms with Crippen molar-refractivity contribution in [1.82, 2.24) is 20.8 Å². The van der Waals surface area contributed by atoms with E-state index in [0.29, 0.717) is 19.6 Å². The van der Waals surface area contributed by atoms with E-state index in [1.165, 1.54) is 0 Å². The zero-order valence-electron chi connectivity index (χ0n) is 17.1. The first-order valence-corrected chi connectivity index (χ1v) is 9.64. The van der Waals surface area contributed by atoms with Crippen LogP contribution in [0.2, 0.25) is 5.02 Å². The third kappa shape index (κ3) is 7.56. The number of carboxylic acid groups (broad SMARTS) is 1. The lowest BCUT2D eigenvalue weighted by Gasteiger charge is -2.10. The van der Waals surface area contributed by atoms with Crippen molar-refractivity contribution in [3.05, 3.63) is 34.7 Å². The van der Waals surface area contributed by atoms with E-state index in [9.17, 15) is 31.1 Å². The third-order valence-electron chi connectivity index (χ3n) is 4.31. The number of carbonyl (C=O) groups is 2. The molecule has 188 valence electrons. The van der Waals surface area contributed by atoms with Crippen LogP contribution >= 0.6 is 11.6 Å². The summed E-state index contributed by atoms with van der Waals surface area (Å²) in [5.74, 6) is -3.99. The van der Waals surface area contributed by atoms with Gasteiger partial charge in [-0.1, -0.05) is 11.6 Å². The lowest BCUT2D eigenvalue weighted by molar-refractivity contribution is -0.192. The number of carboxylic acids is 1. The summed E-state index contributed by atoms with van der Waals surface area (Å²) in [6, 6.07) is 2.71. The van der Waals surface area contributed by atoms with E-state index in [0.717, 1.165) is 18.2 Å². The van der Waals surface area contributed by atoms with Gasteiger partial charge >= 0.3 is 30.1 Å². The van der Waals surface area contributed by atoms with Crippen LogP contribution in [-0.2, 0) is 15.7 Å². The van der Waals surface area contributed by atoms with Crippen LogP contribution in [0, 0.1) is 0 Å². The van der Waals surface area contributed by atoms with Crippen LogP contribution < -0.4 is 10.6 Å². The first-order chi connectivity index (χ1) is 15.7. The maximum absolute atomic E-state index is 12.9. The standard InChI is InChI=1S/C16H16ClF3N4O3.C2HF3O2/c1-26-7-10-5-9(6-21-10)22-13(25)15-24-23-14(27-15)11-4-8(16(18,19)20)2-3-12(11)17;3-2(4,5)1(6)7/h2-4,9-10,21H,5-7H2,1H3,(H,22,25);(H,6,7)/t9-,10+;/m1./s1. The second-order valence-electron chi connectivity index (χ2n) is 6.87. The third-order valence-corrected chi connectivity index (χ3v) is 4.64. The summed E-state index contributed by atoms with van der Waals surface area (Å²) < 4.78 is 80.6. The molecule has 1 aliphatic rings. The van der Waals surface area contributed by atoms with Crippen molar-refractivity contribution in [2.75, 3.05) is 20.3 Å². The van der Waals surface area contributed by atoms with Crippen LogP contribution in [0.4, 0.5) is 26.3 Å². The Morgan fingerprint density at radius 1 is 1.26 bits per heavy atom. The highest BCUT2D eigenvalue weighted by Crippen LogP contribution is 2.35. The topological polar surface area (TPSA) is 127 Å². The van der Waals surface area contributed by atoms with Gasteiger partial charge in [-0.05, 0) is 24.6 Å². The Hall–Kier alpha value is -2.91. The summed E-state index contributed by atoms with van der Waals surface area (Å²) in [6.07, 6.45) is -8.96. The van der Waals surface area contributed by atoms with Crippen LogP contribution in [0.15, 0.2) is 22.6 Å². The maximum atomic E-state index is 12.9. The summed E-state index contributed by atoms with van der Waals surface area (Å²) in [5.41, 5.74) is -1.01. The number of benzene rings is 1. The number of carbonyl (C=O) groups excluding carboxylic acids is 1. The van der Waals surface area contributed by atoms with E-state index in [2.05, 4.69) is 20.8 Å². The van der Waals surface area contributed by atoms with Crippen LogP contribution in [0.5, 0.6) is 0 Å². The minimum atomic E-state index is -5.08. The highest BCUT2D eigenvalue weighted by molar-refractivity contribution is 6.33. The van der Waals surface area contributed by atoms with Gasteiger partial charge in [0.25, 0.3) is 0 Å². The van der Waals surface area contributed by atoms with E-state index < -0.39 is 29.8 Å². The van der Waals surface area contributed by atoms with Gasteiger partial charge in [-0.2, -0.15) is 26.3 Å². The molecule has 0 saturated carbocycles. The molecule has 2 aromatic rings.